The molecule has 11 heteroatoms. The Morgan fingerprint density at radius 2 is 1.92 bits per heavy atom. The van der Waals surface area contributed by atoms with Crippen molar-refractivity contribution in [3.05, 3.63) is 82.0 Å². The number of nitro groups is 1. The Morgan fingerprint density at radius 3 is 2.68 bits per heavy atom. The maximum atomic E-state index is 13.3. The molecule has 5 rings (SSSR count). The van der Waals surface area contributed by atoms with E-state index in [2.05, 4.69) is 4.98 Å². The molecule has 2 aromatic carbocycles. The van der Waals surface area contributed by atoms with Crippen LogP contribution in [0.3, 0.4) is 0 Å². The lowest BCUT2D eigenvalue weighted by atomic mass is 10.00. The second-order valence-electron chi connectivity index (χ2n) is 8.63. The van der Waals surface area contributed by atoms with Gasteiger partial charge in [-0.05, 0) is 37.1 Å². The number of fused-ring (bicyclic) bond motifs is 1. The molecule has 0 saturated carbocycles. The summed E-state index contributed by atoms with van der Waals surface area (Å²) < 4.78 is 16.4. The summed E-state index contributed by atoms with van der Waals surface area (Å²) in [6.45, 7) is 1.17. The lowest BCUT2D eigenvalue weighted by Crippen LogP contribution is -2.50. The van der Waals surface area contributed by atoms with E-state index in [1.807, 2.05) is 24.3 Å². The average molecular weight is 504 g/mol. The molecular weight excluding hydrogens is 480 g/mol. The van der Waals surface area contributed by atoms with Crippen molar-refractivity contribution in [2.45, 2.75) is 25.5 Å². The van der Waals surface area contributed by atoms with Crippen LogP contribution in [0.4, 0.5) is 16.2 Å². The number of amides is 2. The Balaban J connectivity index is 1.29. The number of ether oxygens (including phenoxy) is 3. The Bertz CT molecular complexity index is 1350. The first-order valence-electron chi connectivity index (χ1n) is 11.7. The number of piperidine rings is 1. The van der Waals surface area contributed by atoms with Crippen molar-refractivity contribution < 1.29 is 28.7 Å². The topological polar surface area (TPSA) is 124 Å². The molecule has 11 nitrogen and oxygen atoms in total. The predicted octanol–water partition coefficient (Wildman–Crippen LogP) is 4.55. The number of benzene rings is 2. The van der Waals surface area contributed by atoms with E-state index < -0.39 is 4.92 Å². The molecule has 1 aromatic heterocycles. The molecule has 190 valence electrons. The summed E-state index contributed by atoms with van der Waals surface area (Å²) in [6.07, 6.45) is 2.22. The molecule has 1 saturated heterocycles. The zero-order valence-electron chi connectivity index (χ0n) is 20.0. The van der Waals surface area contributed by atoms with Crippen molar-refractivity contribution in [1.82, 2.24) is 9.88 Å². The number of anilines is 1. The Morgan fingerprint density at radius 1 is 1.14 bits per heavy atom. The molecule has 0 bridgehead atoms. The SMILES string of the molecule is COc1cc(Oc2ncccc2[N+](=O)[O-])ccc1C(=O)N1CCC(N2C(=O)OCc3ccccc32)CC1. The first-order chi connectivity index (χ1) is 18.0. The molecule has 3 aromatic rings. The molecule has 0 spiro atoms. The van der Waals surface area contributed by atoms with Crippen LogP contribution in [0.25, 0.3) is 0 Å². The number of carbonyl (C=O) groups is 2. The van der Waals surface area contributed by atoms with Gasteiger partial charge in [-0.1, -0.05) is 18.2 Å². The lowest BCUT2D eigenvalue weighted by Gasteiger charge is -2.40. The zero-order chi connectivity index (χ0) is 25.9. The molecule has 0 aliphatic carbocycles. The minimum Gasteiger partial charge on any atom is -0.496 e. The van der Waals surface area contributed by atoms with Crippen molar-refractivity contribution >= 4 is 23.4 Å². The van der Waals surface area contributed by atoms with Gasteiger partial charge in [0, 0.05) is 43.0 Å². The highest BCUT2D eigenvalue weighted by Crippen LogP contribution is 2.34. The average Bonchev–Trinajstić information content (AvgIpc) is 2.93. The van der Waals surface area contributed by atoms with Gasteiger partial charge < -0.3 is 19.1 Å². The van der Waals surface area contributed by atoms with Crippen LogP contribution in [-0.2, 0) is 11.3 Å². The first-order valence-corrected chi connectivity index (χ1v) is 11.7. The number of aromatic nitrogens is 1. The van der Waals surface area contributed by atoms with Crippen molar-refractivity contribution in [2.24, 2.45) is 0 Å². The van der Waals surface area contributed by atoms with Gasteiger partial charge in [0.1, 0.15) is 18.1 Å². The predicted molar refractivity (Wildman–Crippen MR) is 132 cm³/mol. The van der Waals surface area contributed by atoms with Gasteiger partial charge in [0.05, 0.1) is 23.3 Å². The highest BCUT2D eigenvalue weighted by molar-refractivity contribution is 5.97. The number of hydrogen-bond acceptors (Lipinski definition) is 8. The van der Waals surface area contributed by atoms with Gasteiger partial charge in [-0.2, -0.15) is 0 Å². The third kappa shape index (κ3) is 4.75. The largest absolute Gasteiger partial charge is 0.496 e. The van der Waals surface area contributed by atoms with Crippen molar-refractivity contribution in [3.8, 4) is 17.4 Å². The number of carbonyl (C=O) groups excluding carboxylic acids is 2. The molecule has 37 heavy (non-hydrogen) atoms. The number of cyclic esters (lactones) is 1. The summed E-state index contributed by atoms with van der Waals surface area (Å²) in [6, 6.07) is 14.9. The maximum Gasteiger partial charge on any atom is 0.414 e. The second kappa shape index (κ2) is 10.1. The highest BCUT2D eigenvalue weighted by atomic mass is 16.6. The molecule has 0 unspecified atom stereocenters. The van der Waals surface area contributed by atoms with Crippen molar-refractivity contribution in [2.75, 3.05) is 25.1 Å². The number of hydrogen-bond donors (Lipinski definition) is 0. The molecular formula is C26H24N4O7. The van der Waals surface area contributed by atoms with Crippen LogP contribution in [0.1, 0.15) is 28.8 Å². The van der Waals surface area contributed by atoms with Gasteiger partial charge in [0.2, 0.25) is 0 Å². The lowest BCUT2D eigenvalue weighted by molar-refractivity contribution is -0.386. The van der Waals surface area contributed by atoms with Crippen LogP contribution in [0.2, 0.25) is 0 Å². The minimum atomic E-state index is -0.580. The minimum absolute atomic E-state index is 0.0789. The number of likely N-dealkylation sites (tertiary alicyclic amines) is 1. The van der Waals surface area contributed by atoms with Gasteiger partial charge in [0.25, 0.3) is 11.8 Å². The Hall–Kier alpha value is -4.67. The second-order valence-corrected chi connectivity index (χ2v) is 8.63. The molecule has 0 N–H and O–H groups in total. The quantitative estimate of drug-likeness (QED) is 0.354. The normalized spacial score (nSPS) is 15.5. The molecule has 0 atom stereocenters. The van der Waals surface area contributed by atoms with E-state index in [9.17, 15) is 19.7 Å². The fraction of sp³-hybridized carbons (Fsp3) is 0.269. The van der Waals surface area contributed by atoms with Gasteiger partial charge in [-0.3, -0.25) is 19.8 Å². The van der Waals surface area contributed by atoms with Crippen molar-refractivity contribution in [3.63, 3.8) is 0 Å². The molecule has 1 fully saturated rings. The summed E-state index contributed by atoms with van der Waals surface area (Å²) >= 11 is 0. The van der Waals surface area contributed by atoms with Gasteiger partial charge >= 0.3 is 11.8 Å². The number of pyridine rings is 1. The fourth-order valence-electron chi connectivity index (χ4n) is 4.64. The molecule has 2 amide bonds. The van der Waals surface area contributed by atoms with E-state index >= 15 is 0 Å². The number of methoxy groups -OCH3 is 1. The van der Waals surface area contributed by atoms with E-state index in [0.29, 0.717) is 31.5 Å². The third-order valence-corrected chi connectivity index (χ3v) is 6.48. The van der Waals surface area contributed by atoms with Gasteiger partial charge in [0.15, 0.2) is 0 Å². The molecule has 0 radical (unpaired) electrons. The van der Waals surface area contributed by atoms with Gasteiger partial charge in [-0.15, -0.1) is 0 Å². The van der Waals surface area contributed by atoms with Crippen LogP contribution < -0.4 is 14.4 Å². The monoisotopic (exact) mass is 504 g/mol. The molecule has 3 heterocycles. The smallest absolute Gasteiger partial charge is 0.414 e. The summed E-state index contributed by atoms with van der Waals surface area (Å²) in [5.41, 5.74) is 1.88. The van der Waals surface area contributed by atoms with Crippen molar-refractivity contribution in [1.29, 1.82) is 0 Å². The van der Waals surface area contributed by atoms with Crippen LogP contribution >= 0.6 is 0 Å². The van der Waals surface area contributed by atoms with Crippen LogP contribution in [-0.4, -0.2) is 53.0 Å². The van der Waals surface area contributed by atoms with Crippen LogP contribution in [0.15, 0.2) is 60.8 Å². The summed E-state index contributed by atoms with van der Waals surface area (Å²) in [7, 11) is 1.44. The highest BCUT2D eigenvalue weighted by Gasteiger charge is 2.35. The van der Waals surface area contributed by atoms with E-state index in [1.54, 1.807) is 21.9 Å². The van der Waals surface area contributed by atoms with Crippen LogP contribution in [0.5, 0.6) is 17.4 Å². The molecule has 2 aliphatic heterocycles. The van der Waals surface area contributed by atoms with E-state index in [-0.39, 0.29) is 47.7 Å². The third-order valence-electron chi connectivity index (χ3n) is 6.48. The zero-order valence-corrected chi connectivity index (χ0v) is 20.0. The fourth-order valence-corrected chi connectivity index (χ4v) is 4.64. The van der Waals surface area contributed by atoms with Crippen LogP contribution in [0, 0.1) is 10.1 Å². The van der Waals surface area contributed by atoms with E-state index in [1.165, 1.54) is 31.5 Å². The Kier molecular flexibility index (Phi) is 6.59. The summed E-state index contributed by atoms with van der Waals surface area (Å²) in [4.78, 5) is 43.9. The standard InChI is InChI=1S/C26H24N4O7/c1-35-23-15-19(37-24-22(30(33)34)7-4-12-27-24)8-9-20(23)25(31)28-13-10-18(11-14-28)29-21-6-3-2-5-17(21)16-36-26(29)32/h2-9,12,15,18H,10-11,13-14,16H2,1H3. The number of para-hydroxylation sites is 1. The number of nitrogens with zero attached hydrogens (tertiary/aromatic N) is 4. The van der Waals surface area contributed by atoms with Gasteiger partial charge in [-0.25, -0.2) is 9.78 Å². The maximum absolute atomic E-state index is 13.3. The van der Waals surface area contributed by atoms with E-state index in [4.69, 9.17) is 14.2 Å². The summed E-state index contributed by atoms with van der Waals surface area (Å²) in [5, 5.41) is 11.2. The van der Waals surface area contributed by atoms with E-state index in [0.717, 1.165) is 11.3 Å². The first kappa shape index (κ1) is 24.0. The number of rotatable bonds is 6. The Labute approximate surface area is 212 Å². The molecule has 2 aliphatic rings. The summed E-state index contributed by atoms with van der Waals surface area (Å²) in [5.74, 6) is 0.147.